The topological polar surface area (TPSA) is 12.0 Å². The molecule has 0 aromatic heterocycles. The third-order valence-corrected chi connectivity index (χ3v) is 3.48. The molecule has 17 heavy (non-hydrogen) atoms. The van der Waals surface area contributed by atoms with Crippen molar-refractivity contribution in [3.8, 4) is 0 Å². The molecule has 1 aliphatic heterocycles. The summed E-state index contributed by atoms with van der Waals surface area (Å²) in [5.41, 5.74) is 1.99. The lowest BCUT2D eigenvalue weighted by Gasteiger charge is -2.26. The van der Waals surface area contributed by atoms with Crippen molar-refractivity contribution in [2.45, 2.75) is 45.1 Å². The molecule has 1 aromatic rings. The molecule has 1 aliphatic rings. The number of hydrogen-bond acceptors (Lipinski definition) is 1. The standard InChI is InChI=1S/C14H19F2N/c1-2-10-6-7-11(12(9-10)14(15)16)13-5-3-4-8-17-13/h6-7,9,13-14,17H,2-5,8H2,1H3. The third kappa shape index (κ3) is 2.83. The molecule has 1 nitrogen and oxygen atoms in total. The Morgan fingerprint density at radius 3 is 2.76 bits per heavy atom. The van der Waals surface area contributed by atoms with Crippen LogP contribution in [0.4, 0.5) is 8.78 Å². The predicted octanol–water partition coefficient (Wildman–Crippen LogP) is 4.00. The average molecular weight is 239 g/mol. The highest BCUT2D eigenvalue weighted by Gasteiger charge is 2.21. The number of benzene rings is 1. The minimum Gasteiger partial charge on any atom is -0.310 e. The highest BCUT2D eigenvalue weighted by molar-refractivity contribution is 5.35. The molecule has 1 aromatic carbocycles. The summed E-state index contributed by atoms with van der Waals surface area (Å²) >= 11 is 0. The molecular formula is C14H19F2N. The molecule has 0 amide bonds. The number of piperidine rings is 1. The Kier molecular flexibility index (Phi) is 4.11. The molecule has 1 unspecified atom stereocenters. The molecule has 94 valence electrons. The van der Waals surface area contributed by atoms with Crippen LogP contribution in [-0.2, 0) is 6.42 Å². The minimum atomic E-state index is -2.37. The largest absolute Gasteiger partial charge is 0.310 e. The van der Waals surface area contributed by atoms with E-state index in [9.17, 15) is 8.78 Å². The summed E-state index contributed by atoms with van der Waals surface area (Å²) in [5, 5.41) is 3.33. The van der Waals surface area contributed by atoms with Crippen molar-refractivity contribution in [3.63, 3.8) is 0 Å². The average Bonchev–Trinajstić information content (AvgIpc) is 2.39. The zero-order valence-corrected chi connectivity index (χ0v) is 10.2. The van der Waals surface area contributed by atoms with Crippen LogP contribution in [0.1, 0.15) is 55.3 Å². The van der Waals surface area contributed by atoms with Gasteiger partial charge in [-0.25, -0.2) is 8.78 Å². The molecule has 0 saturated carbocycles. The van der Waals surface area contributed by atoms with Gasteiger partial charge in [-0.15, -0.1) is 0 Å². The molecular weight excluding hydrogens is 220 g/mol. The van der Waals surface area contributed by atoms with Crippen molar-refractivity contribution in [3.05, 3.63) is 34.9 Å². The first-order valence-electron chi connectivity index (χ1n) is 6.36. The first-order chi connectivity index (χ1) is 8.22. The minimum absolute atomic E-state index is 0.110. The summed E-state index contributed by atoms with van der Waals surface area (Å²) < 4.78 is 26.1. The fourth-order valence-electron chi connectivity index (χ4n) is 2.47. The molecule has 0 radical (unpaired) electrons. The van der Waals surface area contributed by atoms with Crippen LogP contribution in [0.15, 0.2) is 18.2 Å². The van der Waals surface area contributed by atoms with Crippen molar-refractivity contribution in [2.75, 3.05) is 6.54 Å². The fraction of sp³-hybridized carbons (Fsp3) is 0.571. The maximum atomic E-state index is 13.1. The van der Waals surface area contributed by atoms with Gasteiger partial charge >= 0.3 is 0 Å². The van der Waals surface area contributed by atoms with E-state index in [1.165, 1.54) is 0 Å². The van der Waals surface area contributed by atoms with Gasteiger partial charge in [-0.1, -0.05) is 25.5 Å². The maximum absolute atomic E-state index is 13.1. The van der Waals surface area contributed by atoms with E-state index in [1.54, 1.807) is 6.07 Å². The lowest BCUT2D eigenvalue weighted by Crippen LogP contribution is -2.27. The molecule has 1 heterocycles. The van der Waals surface area contributed by atoms with E-state index in [1.807, 2.05) is 19.1 Å². The Morgan fingerprint density at radius 2 is 2.18 bits per heavy atom. The fourth-order valence-corrected chi connectivity index (χ4v) is 2.47. The Bertz CT molecular complexity index is 370. The summed E-state index contributed by atoms with van der Waals surface area (Å²) in [6.45, 7) is 2.92. The summed E-state index contributed by atoms with van der Waals surface area (Å²) in [7, 11) is 0. The zero-order valence-electron chi connectivity index (χ0n) is 10.2. The van der Waals surface area contributed by atoms with Crippen molar-refractivity contribution in [1.29, 1.82) is 0 Å². The van der Waals surface area contributed by atoms with Gasteiger partial charge in [0.2, 0.25) is 0 Å². The van der Waals surface area contributed by atoms with Crippen molar-refractivity contribution in [2.24, 2.45) is 0 Å². The Hall–Kier alpha value is -0.960. The molecule has 0 spiro atoms. The normalized spacial score (nSPS) is 20.8. The Balaban J connectivity index is 2.31. The zero-order chi connectivity index (χ0) is 12.3. The van der Waals surface area contributed by atoms with Crippen LogP contribution < -0.4 is 5.32 Å². The number of nitrogens with one attached hydrogen (secondary N) is 1. The van der Waals surface area contributed by atoms with Gasteiger partial charge in [0.05, 0.1) is 0 Å². The molecule has 0 bridgehead atoms. The van der Waals surface area contributed by atoms with E-state index in [0.717, 1.165) is 43.4 Å². The van der Waals surface area contributed by atoms with Crippen molar-refractivity contribution < 1.29 is 8.78 Å². The second kappa shape index (κ2) is 5.58. The number of alkyl halides is 2. The predicted molar refractivity (Wildman–Crippen MR) is 65.4 cm³/mol. The highest BCUT2D eigenvalue weighted by atomic mass is 19.3. The Morgan fingerprint density at radius 1 is 1.35 bits per heavy atom. The monoisotopic (exact) mass is 239 g/mol. The summed E-state index contributed by atoms with van der Waals surface area (Å²) in [5.74, 6) is 0. The van der Waals surface area contributed by atoms with Crippen LogP contribution in [0.2, 0.25) is 0 Å². The molecule has 0 aliphatic carbocycles. The van der Waals surface area contributed by atoms with Crippen molar-refractivity contribution >= 4 is 0 Å². The Labute approximate surface area is 101 Å². The molecule has 3 heteroatoms. The van der Waals surface area contributed by atoms with Gasteiger partial charge in [0.1, 0.15) is 0 Å². The summed E-state index contributed by atoms with van der Waals surface area (Å²) in [4.78, 5) is 0. The van der Waals surface area contributed by atoms with Crippen LogP contribution in [0.3, 0.4) is 0 Å². The number of rotatable bonds is 3. The first-order valence-corrected chi connectivity index (χ1v) is 6.36. The van der Waals surface area contributed by atoms with Crippen molar-refractivity contribution in [1.82, 2.24) is 5.32 Å². The van der Waals surface area contributed by atoms with Gasteiger partial charge in [-0.2, -0.15) is 0 Å². The van der Waals surface area contributed by atoms with Crippen LogP contribution in [0.5, 0.6) is 0 Å². The lowest BCUT2D eigenvalue weighted by atomic mass is 9.92. The summed E-state index contributed by atoms with van der Waals surface area (Å²) in [6.07, 6.45) is 1.66. The number of aryl methyl sites for hydroxylation is 1. The second-order valence-corrected chi connectivity index (χ2v) is 4.62. The van der Waals surface area contributed by atoms with Crippen LogP contribution in [0, 0.1) is 0 Å². The van der Waals surface area contributed by atoms with E-state index in [0.29, 0.717) is 0 Å². The molecule has 1 fully saturated rings. The second-order valence-electron chi connectivity index (χ2n) is 4.62. The molecule has 1 N–H and O–H groups in total. The molecule has 2 rings (SSSR count). The van der Waals surface area contributed by atoms with E-state index in [2.05, 4.69) is 5.32 Å². The van der Waals surface area contributed by atoms with Crippen LogP contribution >= 0.6 is 0 Å². The van der Waals surface area contributed by atoms with E-state index in [-0.39, 0.29) is 11.6 Å². The number of halogens is 2. The summed E-state index contributed by atoms with van der Waals surface area (Å²) in [6, 6.07) is 5.62. The smallest absolute Gasteiger partial charge is 0.264 e. The molecule has 1 atom stereocenters. The van der Waals surface area contributed by atoms with Gasteiger partial charge < -0.3 is 5.32 Å². The van der Waals surface area contributed by atoms with Gasteiger partial charge in [-0.05, 0) is 43.0 Å². The first kappa shape index (κ1) is 12.5. The van der Waals surface area contributed by atoms with Crippen LogP contribution in [0.25, 0.3) is 0 Å². The number of hydrogen-bond donors (Lipinski definition) is 1. The van der Waals surface area contributed by atoms with Gasteiger partial charge in [0, 0.05) is 11.6 Å². The maximum Gasteiger partial charge on any atom is 0.264 e. The quantitative estimate of drug-likeness (QED) is 0.840. The van der Waals surface area contributed by atoms with Gasteiger partial charge in [-0.3, -0.25) is 0 Å². The van der Waals surface area contributed by atoms with E-state index >= 15 is 0 Å². The van der Waals surface area contributed by atoms with Gasteiger partial charge in [0.25, 0.3) is 6.43 Å². The van der Waals surface area contributed by atoms with E-state index < -0.39 is 6.43 Å². The SMILES string of the molecule is CCc1ccc(C2CCCCN2)c(C(F)F)c1. The lowest BCUT2D eigenvalue weighted by molar-refractivity contribution is 0.148. The third-order valence-electron chi connectivity index (χ3n) is 3.48. The van der Waals surface area contributed by atoms with Gasteiger partial charge in [0.15, 0.2) is 0 Å². The molecule has 1 saturated heterocycles. The van der Waals surface area contributed by atoms with E-state index in [4.69, 9.17) is 0 Å². The highest BCUT2D eigenvalue weighted by Crippen LogP contribution is 2.32. The van der Waals surface area contributed by atoms with Crippen LogP contribution in [-0.4, -0.2) is 6.54 Å².